The highest BCUT2D eigenvalue weighted by molar-refractivity contribution is 6.36. The van der Waals surface area contributed by atoms with Crippen LogP contribution in [0.3, 0.4) is 0 Å². The Morgan fingerprint density at radius 3 is 2.62 bits per heavy atom. The van der Waals surface area contributed by atoms with Crippen molar-refractivity contribution in [2.24, 2.45) is 0 Å². The molecule has 2 aromatic rings. The summed E-state index contributed by atoms with van der Waals surface area (Å²) in [5.41, 5.74) is 1.63. The van der Waals surface area contributed by atoms with E-state index in [1.165, 1.54) is 12.1 Å². The van der Waals surface area contributed by atoms with Gasteiger partial charge in [0.1, 0.15) is 11.3 Å². The summed E-state index contributed by atoms with van der Waals surface area (Å²) in [6.07, 6.45) is 5.40. The van der Waals surface area contributed by atoms with Crippen LogP contribution in [-0.2, 0) is 12.8 Å². The van der Waals surface area contributed by atoms with Gasteiger partial charge in [0.15, 0.2) is 0 Å². The van der Waals surface area contributed by atoms with Crippen LogP contribution in [0.2, 0.25) is 5.02 Å². The molecular weight excluding hydrogens is 293 g/mol. The van der Waals surface area contributed by atoms with E-state index in [0.29, 0.717) is 18.5 Å². The smallest absolute Gasteiger partial charge is 0.336 e. The average Bonchev–Trinajstić information content (AvgIpc) is 2.42. The van der Waals surface area contributed by atoms with Crippen molar-refractivity contribution in [3.8, 4) is 0 Å². The van der Waals surface area contributed by atoms with E-state index in [4.69, 9.17) is 11.6 Å². The van der Waals surface area contributed by atoms with Crippen LogP contribution in [0.4, 0.5) is 4.39 Å². The predicted molar refractivity (Wildman–Crippen MR) is 79.5 cm³/mol. The Balaban J connectivity index is 2.40. The molecule has 0 fully saturated rings. The van der Waals surface area contributed by atoms with E-state index < -0.39 is 11.8 Å². The van der Waals surface area contributed by atoms with E-state index in [9.17, 15) is 14.3 Å². The first-order valence-electron chi connectivity index (χ1n) is 7.12. The third-order valence-corrected chi connectivity index (χ3v) is 4.34. The topological polar surface area (TPSA) is 50.2 Å². The Morgan fingerprint density at radius 1 is 1.19 bits per heavy atom. The molecule has 3 nitrogen and oxygen atoms in total. The van der Waals surface area contributed by atoms with Gasteiger partial charge in [0.2, 0.25) is 0 Å². The fourth-order valence-corrected chi connectivity index (χ4v) is 3.29. The van der Waals surface area contributed by atoms with E-state index in [1.807, 2.05) is 0 Å². The predicted octanol–water partition coefficient (Wildman–Crippen LogP) is 4.38. The van der Waals surface area contributed by atoms with Crippen LogP contribution in [0, 0.1) is 5.82 Å². The van der Waals surface area contributed by atoms with Gasteiger partial charge in [-0.1, -0.05) is 24.4 Å². The fourth-order valence-electron chi connectivity index (χ4n) is 3.05. The minimum absolute atomic E-state index is 0.0687. The molecule has 0 amide bonds. The molecular formula is C16H15ClFNO2. The molecule has 0 atom stereocenters. The zero-order chi connectivity index (χ0) is 15.0. The molecule has 0 aliphatic heterocycles. The van der Waals surface area contributed by atoms with Crippen LogP contribution >= 0.6 is 11.6 Å². The van der Waals surface area contributed by atoms with Gasteiger partial charge in [0.25, 0.3) is 0 Å². The van der Waals surface area contributed by atoms with E-state index in [2.05, 4.69) is 4.98 Å². The number of halogens is 2. The van der Waals surface area contributed by atoms with Crippen molar-refractivity contribution in [3.63, 3.8) is 0 Å². The van der Waals surface area contributed by atoms with Crippen molar-refractivity contribution >= 4 is 28.5 Å². The first kappa shape index (κ1) is 14.3. The minimum atomic E-state index is -1.06. The van der Waals surface area contributed by atoms with Gasteiger partial charge in [0.05, 0.1) is 10.6 Å². The summed E-state index contributed by atoms with van der Waals surface area (Å²) < 4.78 is 14.0. The van der Waals surface area contributed by atoms with Crippen molar-refractivity contribution < 1.29 is 14.3 Å². The number of nitrogens with zero attached hydrogens (tertiary/aromatic N) is 1. The monoisotopic (exact) mass is 307 g/mol. The maximum atomic E-state index is 14.0. The summed E-state index contributed by atoms with van der Waals surface area (Å²) >= 11 is 6.12. The van der Waals surface area contributed by atoms with Crippen LogP contribution in [0.1, 0.15) is 47.3 Å². The summed E-state index contributed by atoms with van der Waals surface area (Å²) in [5.74, 6) is -1.59. The van der Waals surface area contributed by atoms with Crippen molar-refractivity contribution in [1.29, 1.82) is 0 Å². The highest BCUT2D eigenvalue weighted by Crippen LogP contribution is 2.33. The number of aryl methyl sites for hydroxylation is 1. The number of aromatic carboxylic acids is 1. The Morgan fingerprint density at radius 2 is 1.90 bits per heavy atom. The van der Waals surface area contributed by atoms with Crippen molar-refractivity contribution in [2.45, 2.75) is 38.5 Å². The van der Waals surface area contributed by atoms with Gasteiger partial charge >= 0.3 is 5.97 Å². The molecule has 0 saturated heterocycles. The van der Waals surface area contributed by atoms with Gasteiger partial charge in [-0.25, -0.2) is 14.2 Å². The molecule has 5 heteroatoms. The van der Waals surface area contributed by atoms with Crippen molar-refractivity contribution in [3.05, 3.63) is 39.8 Å². The van der Waals surface area contributed by atoms with Crippen molar-refractivity contribution in [2.75, 3.05) is 0 Å². The second kappa shape index (κ2) is 5.60. The lowest BCUT2D eigenvalue weighted by Gasteiger charge is -2.18. The molecule has 1 aliphatic carbocycles. The van der Waals surface area contributed by atoms with Crippen LogP contribution in [0.15, 0.2) is 12.1 Å². The summed E-state index contributed by atoms with van der Waals surface area (Å²) in [7, 11) is 0. The molecule has 21 heavy (non-hydrogen) atoms. The highest BCUT2D eigenvalue weighted by atomic mass is 35.5. The van der Waals surface area contributed by atoms with Crippen LogP contribution in [0.5, 0.6) is 0 Å². The van der Waals surface area contributed by atoms with E-state index >= 15 is 0 Å². The minimum Gasteiger partial charge on any atom is -0.478 e. The Kier molecular flexibility index (Phi) is 3.81. The molecule has 0 bridgehead atoms. The molecule has 0 saturated carbocycles. The average molecular weight is 308 g/mol. The number of carboxylic acids is 1. The van der Waals surface area contributed by atoms with Crippen LogP contribution < -0.4 is 0 Å². The number of hydrogen-bond donors (Lipinski definition) is 1. The number of pyridine rings is 1. The van der Waals surface area contributed by atoms with Crippen LogP contribution in [0.25, 0.3) is 10.9 Å². The summed E-state index contributed by atoms with van der Waals surface area (Å²) in [6, 6.07) is 2.63. The zero-order valence-corrected chi connectivity index (χ0v) is 12.2. The van der Waals surface area contributed by atoms with E-state index in [1.54, 1.807) is 0 Å². The van der Waals surface area contributed by atoms with Gasteiger partial charge in [-0.3, -0.25) is 0 Å². The molecule has 3 rings (SSSR count). The molecule has 1 aromatic heterocycles. The summed E-state index contributed by atoms with van der Waals surface area (Å²) in [4.78, 5) is 16.1. The number of carbonyl (C=O) groups is 1. The second-order valence-electron chi connectivity index (χ2n) is 5.38. The molecule has 0 spiro atoms. The molecule has 1 N–H and O–H groups in total. The fraction of sp³-hybridized carbons (Fsp3) is 0.375. The third-order valence-electron chi connectivity index (χ3n) is 4.03. The lowest BCUT2D eigenvalue weighted by atomic mass is 9.91. The first-order valence-corrected chi connectivity index (χ1v) is 7.50. The standard InChI is InChI=1S/C16H15ClFNO2/c17-10-7-8-11(18)15-14(10)13(16(20)21)9-5-3-1-2-4-6-12(9)19-15/h7-8H,1-6H2,(H,20,21). The zero-order valence-electron chi connectivity index (χ0n) is 11.5. The number of benzene rings is 1. The third kappa shape index (κ3) is 2.48. The molecule has 1 heterocycles. The normalized spacial score (nSPS) is 15.3. The van der Waals surface area contributed by atoms with E-state index in [-0.39, 0.29) is 21.5 Å². The largest absolute Gasteiger partial charge is 0.478 e. The van der Waals surface area contributed by atoms with Gasteiger partial charge in [-0.2, -0.15) is 0 Å². The lowest BCUT2D eigenvalue weighted by Crippen LogP contribution is -2.12. The highest BCUT2D eigenvalue weighted by Gasteiger charge is 2.23. The maximum absolute atomic E-state index is 14.0. The number of rotatable bonds is 1. The number of hydrogen-bond acceptors (Lipinski definition) is 2. The van der Waals surface area contributed by atoms with Crippen LogP contribution in [-0.4, -0.2) is 16.1 Å². The number of fused-ring (bicyclic) bond motifs is 2. The maximum Gasteiger partial charge on any atom is 0.336 e. The Labute approximate surface area is 126 Å². The number of aromatic nitrogens is 1. The number of carboxylic acid groups (broad SMARTS) is 1. The SMILES string of the molecule is O=C(O)c1c2c(nc3c(F)ccc(Cl)c13)CCCCCC2. The molecule has 1 aromatic carbocycles. The molecule has 110 valence electrons. The first-order chi connectivity index (χ1) is 10.1. The summed E-state index contributed by atoms with van der Waals surface area (Å²) in [6.45, 7) is 0. The Hall–Kier alpha value is -1.68. The molecule has 1 aliphatic rings. The Bertz CT molecular complexity index is 730. The van der Waals surface area contributed by atoms with E-state index in [0.717, 1.165) is 31.2 Å². The van der Waals surface area contributed by atoms with Gasteiger partial charge in [-0.15, -0.1) is 0 Å². The van der Waals surface area contributed by atoms with Gasteiger partial charge in [0, 0.05) is 11.1 Å². The second-order valence-corrected chi connectivity index (χ2v) is 5.79. The molecule has 0 unspecified atom stereocenters. The van der Waals surface area contributed by atoms with Crippen molar-refractivity contribution in [1.82, 2.24) is 4.98 Å². The lowest BCUT2D eigenvalue weighted by molar-refractivity contribution is 0.0697. The summed E-state index contributed by atoms with van der Waals surface area (Å²) in [5, 5.41) is 10.1. The van der Waals surface area contributed by atoms with Gasteiger partial charge < -0.3 is 5.11 Å². The van der Waals surface area contributed by atoms with Gasteiger partial charge in [-0.05, 0) is 43.4 Å². The molecule has 0 radical (unpaired) electrons. The quantitative estimate of drug-likeness (QED) is 0.850.